The summed E-state index contributed by atoms with van der Waals surface area (Å²) in [4.78, 5) is 12.1. The Bertz CT molecular complexity index is 488. The Morgan fingerprint density at radius 3 is 2.86 bits per heavy atom. The lowest BCUT2D eigenvalue weighted by Crippen LogP contribution is -2.25. The second-order valence-corrected chi connectivity index (χ2v) is 4.63. The number of benzene rings is 1. The molecule has 0 aromatic heterocycles. The number of carbonyl (C=O) groups excluding carboxylic acids is 1. The van der Waals surface area contributed by atoms with E-state index in [1.165, 1.54) is 0 Å². The number of unbranched alkanes of at least 4 members (excludes halogenated alkanes) is 2. The zero-order chi connectivity index (χ0) is 15.3. The third-order valence-electron chi connectivity index (χ3n) is 2.94. The van der Waals surface area contributed by atoms with Gasteiger partial charge in [0, 0.05) is 32.2 Å². The van der Waals surface area contributed by atoms with Gasteiger partial charge in [-0.2, -0.15) is 0 Å². The molecule has 0 aliphatic rings. The van der Waals surface area contributed by atoms with E-state index in [-0.39, 0.29) is 12.5 Å². The molecule has 21 heavy (non-hydrogen) atoms. The molecule has 0 heterocycles. The van der Waals surface area contributed by atoms with Crippen LogP contribution in [0.25, 0.3) is 0 Å². The Kier molecular flexibility index (Phi) is 8.94. The van der Waals surface area contributed by atoms with E-state index in [9.17, 15) is 4.79 Å². The number of nitrogens with one attached hydrogen (secondary N) is 1. The minimum Gasteiger partial charge on any atom is -0.395 e. The minimum absolute atomic E-state index is 0.0306. The van der Waals surface area contributed by atoms with Crippen molar-refractivity contribution in [3.05, 3.63) is 35.4 Å². The number of ether oxygens (including phenoxy) is 1. The largest absolute Gasteiger partial charge is 0.395 e. The lowest BCUT2D eigenvalue weighted by atomic mass is 10.1. The number of methoxy groups -OCH3 is 1. The number of amides is 1. The van der Waals surface area contributed by atoms with Gasteiger partial charge in [-0.15, -0.1) is 0 Å². The van der Waals surface area contributed by atoms with Crippen molar-refractivity contribution in [1.29, 1.82) is 0 Å². The molecule has 1 aromatic rings. The van der Waals surface area contributed by atoms with Crippen LogP contribution in [-0.2, 0) is 4.74 Å². The molecule has 0 radical (unpaired) electrons. The average molecular weight is 289 g/mol. The first-order valence-electron chi connectivity index (χ1n) is 7.25. The van der Waals surface area contributed by atoms with E-state index >= 15 is 0 Å². The predicted octanol–water partition coefficient (Wildman–Crippen LogP) is 1.97. The van der Waals surface area contributed by atoms with Crippen LogP contribution in [0.3, 0.4) is 0 Å². The molecule has 4 heteroatoms. The fraction of sp³-hybridized carbons (Fsp3) is 0.471. The molecule has 0 saturated carbocycles. The van der Waals surface area contributed by atoms with Crippen molar-refractivity contribution in [3.63, 3.8) is 0 Å². The van der Waals surface area contributed by atoms with Gasteiger partial charge in [-0.05, 0) is 31.4 Å². The van der Waals surface area contributed by atoms with Gasteiger partial charge in [-0.1, -0.05) is 24.0 Å². The molecule has 1 rings (SSSR count). The standard InChI is InChI=1S/C17H23NO3/c1-21-14-8-2-6-12-18-17(20)16-11-4-3-9-15(16)10-5-7-13-19/h3-4,9,11,19H,2,6-8,12-14H2,1H3,(H,18,20). The maximum absolute atomic E-state index is 12.1. The van der Waals surface area contributed by atoms with Gasteiger partial charge in [0.25, 0.3) is 5.91 Å². The van der Waals surface area contributed by atoms with Gasteiger partial charge in [0.2, 0.25) is 0 Å². The molecule has 1 aromatic carbocycles. The lowest BCUT2D eigenvalue weighted by Gasteiger charge is -2.07. The van der Waals surface area contributed by atoms with E-state index in [1.807, 2.05) is 18.2 Å². The Morgan fingerprint density at radius 2 is 2.10 bits per heavy atom. The van der Waals surface area contributed by atoms with Crippen LogP contribution in [0.4, 0.5) is 0 Å². The summed E-state index contributed by atoms with van der Waals surface area (Å²) in [6.45, 7) is 1.45. The summed E-state index contributed by atoms with van der Waals surface area (Å²) in [6, 6.07) is 7.26. The third kappa shape index (κ3) is 6.94. The quantitative estimate of drug-likeness (QED) is 0.568. The highest BCUT2D eigenvalue weighted by molar-refractivity contribution is 5.96. The van der Waals surface area contributed by atoms with Crippen LogP contribution in [0.1, 0.15) is 41.6 Å². The maximum atomic E-state index is 12.1. The van der Waals surface area contributed by atoms with E-state index in [4.69, 9.17) is 9.84 Å². The van der Waals surface area contributed by atoms with E-state index < -0.39 is 0 Å². The number of hydrogen-bond donors (Lipinski definition) is 2. The molecule has 0 atom stereocenters. The summed E-state index contributed by atoms with van der Waals surface area (Å²) >= 11 is 0. The normalized spacial score (nSPS) is 9.81. The van der Waals surface area contributed by atoms with Crippen LogP contribution >= 0.6 is 0 Å². The van der Waals surface area contributed by atoms with E-state index in [2.05, 4.69) is 17.2 Å². The zero-order valence-electron chi connectivity index (χ0n) is 12.5. The van der Waals surface area contributed by atoms with E-state index in [0.29, 0.717) is 24.1 Å². The summed E-state index contributed by atoms with van der Waals surface area (Å²) in [5.41, 5.74) is 1.28. The van der Waals surface area contributed by atoms with Crippen molar-refractivity contribution >= 4 is 5.91 Å². The van der Waals surface area contributed by atoms with Crippen molar-refractivity contribution in [2.45, 2.75) is 25.7 Å². The SMILES string of the molecule is COCCCCCNC(=O)c1ccccc1C#CCCO. The van der Waals surface area contributed by atoms with Crippen molar-refractivity contribution in [2.75, 3.05) is 26.9 Å². The molecule has 0 unspecified atom stereocenters. The number of carbonyl (C=O) groups is 1. The highest BCUT2D eigenvalue weighted by Gasteiger charge is 2.08. The van der Waals surface area contributed by atoms with Crippen molar-refractivity contribution in [3.8, 4) is 11.8 Å². The summed E-state index contributed by atoms with van der Waals surface area (Å²) in [5.74, 6) is 5.67. The fourth-order valence-electron chi connectivity index (χ4n) is 1.85. The van der Waals surface area contributed by atoms with Gasteiger partial charge in [-0.25, -0.2) is 0 Å². The Labute approximate surface area is 126 Å². The summed E-state index contributed by atoms with van der Waals surface area (Å²) < 4.78 is 4.98. The van der Waals surface area contributed by atoms with Gasteiger partial charge >= 0.3 is 0 Å². The second kappa shape index (κ2) is 10.9. The van der Waals surface area contributed by atoms with Crippen LogP contribution in [0.2, 0.25) is 0 Å². The first-order valence-corrected chi connectivity index (χ1v) is 7.25. The maximum Gasteiger partial charge on any atom is 0.252 e. The molecule has 0 bridgehead atoms. The lowest BCUT2D eigenvalue weighted by molar-refractivity contribution is 0.0952. The second-order valence-electron chi connectivity index (χ2n) is 4.63. The molecule has 0 fully saturated rings. The highest BCUT2D eigenvalue weighted by Crippen LogP contribution is 2.07. The topological polar surface area (TPSA) is 58.6 Å². The van der Waals surface area contributed by atoms with Gasteiger partial charge in [0.1, 0.15) is 0 Å². The van der Waals surface area contributed by atoms with Crippen LogP contribution in [0.15, 0.2) is 24.3 Å². The molecule has 4 nitrogen and oxygen atoms in total. The number of aliphatic hydroxyl groups is 1. The summed E-state index contributed by atoms with van der Waals surface area (Å²) in [6.07, 6.45) is 3.39. The first-order chi connectivity index (χ1) is 10.3. The fourth-order valence-corrected chi connectivity index (χ4v) is 1.85. The van der Waals surface area contributed by atoms with Gasteiger partial charge in [-0.3, -0.25) is 4.79 Å². The highest BCUT2D eigenvalue weighted by atomic mass is 16.5. The Hall–Kier alpha value is -1.83. The summed E-state index contributed by atoms with van der Waals surface area (Å²) in [7, 11) is 1.69. The first kappa shape index (κ1) is 17.2. The molecule has 2 N–H and O–H groups in total. The predicted molar refractivity (Wildman–Crippen MR) is 83.1 cm³/mol. The molecule has 0 saturated heterocycles. The molecule has 0 aliphatic heterocycles. The van der Waals surface area contributed by atoms with Crippen LogP contribution in [0.5, 0.6) is 0 Å². The minimum atomic E-state index is -0.101. The zero-order valence-corrected chi connectivity index (χ0v) is 12.5. The van der Waals surface area contributed by atoms with Crippen molar-refractivity contribution < 1.29 is 14.6 Å². The molecule has 1 amide bonds. The van der Waals surface area contributed by atoms with Gasteiger partial charge in [0.05, 0.1) is 12.2 Å². The smallest absolute Gasteiger partial charge is 0.252 e. The average Bonchev–Trinajstić information content (AvgIpc) is 2.51. The number of aliphatic hydroxyl groups excluding tert-OH is 1. The molecular formula is C17H23NO3. The Balaban J connectivity index is 2.48. The number of rotatable bonds is 8. The summed E-state index contributed by atoms with van der Waals surface area (Å²) in [5, 5.41) is 11.6. The molecule has 0 spiro atoms. The molecule has 114 valence electrons. The van der Waals surface area contributed by atoms with Gasteiger partial charge in [0.15, 0.2) is 0 Å². The van der Waals surface area contributed by atoms with Crippen molar-refractivity contribution in [1.82, 2.24) is 5.32 Å². The van der Waals surface area contributed by atoms with Gasteiger partial charge < -0.3 is 15.2 Å². The van der Waals surface area contributed by atoms with Crippen LogP contribution < -0.4 is 5.32 Å². The van der Waals surface area contributed by atoms with Crippen LogP contribution in [0, 0.1) is 11.8 Å². The van der Waals surface area contributed by atoms with Crippen LogP contribution in [-0.4, -0.2) is 37.9 Å². The van der Waals surface area contributed by atoms with E-state index in [1.54, 1.807) is 13.2 Å². The third-order valence-corrected chi connectivity index (χ3v) is 2.94. The van der Waals surface area contributed by atoms with Crippen molar-refractivity contribution in [2.24, 2.45) is 0 Å². The molecular weight excluding hydrogens is 266 g/mol. The van der Waals surface area contributed by atoms with E-state index in [0.717, 1.165) is 25.9 Å². The monoisotopic (exact) mass is 289 g/mol. The Morgan fingerprint density at radius 1 is 1.29 bits per heavy atom. The number of hydrogen-bond acceptors (Lipinski definition) is 3. The molecule has 0 aliphatic carbocycles.